The predicted molar refractivity (Wildman–Crippen MR) is 77.3 cm³/mol. The molecule has 1 rings (SSSR count). The molecular weight excluding hydrogens is 256 g/mol. The Hall–Kier alpha value is -1.88. The molecule has 5 heteroatoms. The van der Waals surface area contributed by atoms with Crippen molar-refractivity contribution in [1.82, 2.24) is 10.2 Å². The average molecular weight is 278 g/mol. The van der Waals surface area contributed by atoms with Crippen LogP contribution in [-0.2, 0) is 4.79 Å². The molecule has 2 atom stereocenters. The molecule has 0 spiro atoms. The van der Waals surface area contributed by atoms with Gasteiger partial charge in [0.05, 0.1) is 6.54 Å². The summed E-state index contributed by atoms with van der Waals surface area (Å²) in [7, 11) is 1.59. The quantitative estimate of drug-likeness (QED) is 0.812. The normalized spacial score (nSPS) is 13.4. The minimum atomic E-state index is -0.232. The first-order valence-corrected chi connectivity index (χ1v) is 6.66. The van der Waals surface area contributed by atoms with Crippen molar-refractivity contribution < 1.29 is 14.7 Å². The maximum absolute atomic E-state index is 12.1. The SMILES string of the molecule is CC(CO)C(C)NC(=O)CN(C)C(=O)c1ccccc1. The summed E-state index contributed by atoms with van der Waals surface area (Å²) in [4.78, 5) is 25.3. The highest BCUT2D eigenvalue weighted by molar-refractivity contribution is 5.96. The second kappa shape index (κ2) is 7.65. The van der Waals surface area contributed by atoms with Crippen molar-refractivity contribution in [2.45, 2.75) is 19.9 Å². The Morgan fingerprint density at radius 1 is 1.25 bits per heavy atom. The Bertz CT molecular complexity index is 448. The van der Waals surface area contributed by atoms with E-state index >= 15 is 0 Å². The van der Waals surface area contributed by atoms with E-state index in [2.05, 4.69) is 5.32 Å². The second-order valence-electron chi connectivity index (χ2n) is 5.04. The summed E-state index contributed by atoms with van der Waals surface area (Å²) < 4.78 is 0. The lowest BCUT2D eigenvalue weighted by atomic mass is 10.1. The number of hydrogen-bond acceptors (Lipinski definition) is 3. The van der Waals surface area contributed by atoms with E-state index in [0.717, 1.165) is 0 Å². The smallest absolute Gasteiger partial charge is 0.254 e. The van der Waals surface area contributed by atoms with Crippen LogP contribution in [0.5, 0.6) is 0 Å². The van der Waals surface area contributed by atoms with Crippen molar-refractivity contribution in [3.05, 3.63) is 35.9 Å². The highest BCUT2D eigenvalue weighted by atomic mass is 16.3. The van der Waals surface area contributed by atoms with Crippen LogP contribution in [0.3, 0.4) is 0 Å². The third-order valence-electron chi connectivity index (χ3n) is 3.28. The second-order valence-corrected chi connectivity index (χ2v) is 5.04. The summed E-state index contributed by atoms with van der Waals surface area (Å²) >= 11 is 0. The minimum absolute atomic E-state index is 0.00375. The molecule has 2 unspecified atom stereocenters. The number of carbonyl (C=O) groups is 2. The van der Waals surface area contributed by atoms with Gasteiger partial charge in [-0.3, -0.25) is 9.59 Å². The van der Waals surface area contributed by atoms with Gasteiger partial charge >= 0.3 is 0 Å². The van der Waals surface area contributed by atoms with E-state index in [0.29, 0.717) is 5.56 Å². The number of carbonyl (C=O) groups excluding carboxylic acids is 2. The van der Waals surface area contributed by atoms with E-state index in [1.54, 1.807) is 31.3 Å². The molecule has 0 saturated carbocycles. The summed E-state index contributed by atoms with van der Waals surface area (Å²) in [5, 5.41) is 11.8. The molecular formula is C15H22N2O3. The Morgan fingerprint density at radius 3 is 2.40 bits per heavy atom. The van der Waals surface area contributed by atoms with Crippen molar-refractivity contribution in [2.24, 2.45) is 5.92 Å². The molecule has 0 aromatic heterocycles. The third-order valence-corrected chi connectivity index (χ3v) is 3.28. The molecule has 0 fully saturated rings. The molecule has 1 aromatic rings. The van der Waals surface area contributed by atoms with Gasteiger partial charge in [-0.1, -0.05) is 25.1 Å². The van der Waals surface area contributed by atoms with Crippen molar-refractivity contribution in [1.29, 1.82) is 0 Å². The van der Waals surface area contributed by atoms with Gasteiger partial charge in [0.1, 0.15) is 0 Å². The number of aliphatic hydroxyl groups is 1. The van der Waals surface area contributed by atoms with Gasteiger partial charge in [0.2, 0.25) is 5.91 Å². The number of aliphatic hydroxyl groups excluding tert-OH is 1. The molecule has 20 heavy (non-hydrogen) atoms. The van der Waals surface area contributed by atoms with Crippen molar-refractivity contribution in [3.63, 3.8) is 0 Å². The highest BCUT2D eigenvalue weighted by Gasteiger charge is 2.18. The van der Waals surface area contributed by atoms with Crippen molar-refractivity contribution >= 4 is 11.8 Å². The zero-order valence-electron chi connectivity index (χ0n) is 12.2. The summed E-state index contributed by atoms with van der Waals surface area (Å²) in [6.07, 6.45) is 0. The number of likely N-dealkylation sites (N-methyl/N-ethyl adjacent to an activating group) is 1. The average Bonchev–Trinajstić information content (AvgIpc) is 2.46. The van der Waals surface area contributed by atoms with Gasteiger partial charge in [-0.15, -0.1) is 0 Å². The largest absolute Gasteiger partial charge is 0.396 e. The number of benzene rings is 1. The standard InChI is InChI=1S/C15H22N2O3/c1-11(10-18)12(2)16-14(19)9-17(3)15(20)13-7-5-4-6-8-13/h4-8,11-12,18H,9-10H2,1-3H3,(H,16,19). The fourth-order valence-electron chi connectivity index (χ4n) is 1.69. The van der Waals surface area contributed by atoms with Crippen LogP contribution in [0.2, 0.25) is 0 Å². The van der Waals surface area contributed by atoms with Gasteiger partial charge < -0.3 is 15.3 Å². The molecule has 0 saturated heterocycles. The van der Waals surface area contributed by atoms with Crippen LogP contribution < -0.4 is 5.32 Å². The number of amides is 2. The molecule has 0 radical (unpaired) electrons. The van der Waals surface area contributed by atoms with Crippen LogP contribution in [0.25, 0.3) is 0 Å². The van der Waals surface area contributed by atoms with E-state index in [4.69, 9.17) is 5.11 Å². The molecule has 0 aliphatic heterocycles. The number of hydrogen-bond donors (Lipinski definition) is 2. The lowest BCUT2D eigenvalue weighted by molar-refractivity contribution is -0.122. The zero-order chi connectivity index (χ0) is 15.1. The van der Waals surface area contributed by atoms with Crippen LogP contribution >= 0.6 is 0 Å². The van der Waals surface area contributed by atoms with E-state index in [9.17, 15) is 9.59 Å². The summed E-state index contributed by atoms with van der Waals surface area (Å²) in [5.74, 6) is -0.442. The number of nitrogens with one attached hydrogen (secondary N) is 1. The summed E-state index contributed by atoms with van der Waals surface area (Å²) in [6.45, 7) is 3.69. The molecule has 0 aliphatic carbocycles. The van der Waals surface area contributed by atoms with Crippen molar-refractivity contribution in [3.8, 4) is 0 Å². The molecule has 0 bridgehead atoms. The molecule has 5 nitrogen and oxygen atoms in total. The molecule has 0 aliphatic rings. The van der Waals surface area contributed by atoms with Crippen LogP contribution in [0.1, 0.15) is 24.2 Å². The van der Waals surface area contributed by atoms with Gasteiger partial charge in [0.25, 0.3) is 5.91 Å². The summed E-state index contributed by atoms with van der Waals surface area (Å²) in [6, 6.07) is 8.70. The fourth-order valence-corrected chi connectivity index (χ4v) is 1.69. The number of rotatable bonds is 6. The summed E-state index contributed by atoms with van der Waals surface area (Å²) in [5.41, 5.74) is 0.555. The van der Waals surface area contributed by atoms with Crippen LogP contribution in [0.15, 0.2) is 30.3 Å². The van der Waals surface area contributed by atoms with Gasteiger partial charge in [-0.05, 0) is 25.0 Å². The molecule has 1 aromatic carbocycles. The van der Waals surface area contributed by atoms with Gasteiger partial charge in [-0.25, -0.2) is 0 Å². The van der Waals surface area contributed by atoms with E-state index in [1.165, 1.54) is 4.90 Å². The van der Waals surface area contributed by atoms with Crippen molar-refractivity contribution in [2.75, 3.05) is 20.2 Å². The first-order chi connectivity index (χ1) is 9.45. The van der Waals surface area contributed by atoms with Gasteiger partial charge in [0, 0.05) is 25.3 Å². The Morgan fingerprint density at radius 2 is 1.85 bits per heavy atom. The molecule has 110 valence electrons. The first kappa shape index (κ1) is 16.2. The third kappa shape index (κ3) is 4.66. The maximum atomic E-state index is 12.1. The maximum Gasteiger partial charge on any atom is 0.254 e. The monoisotopic (exact) mass is 278 g/mol. The van der Waals surface area contributed by atoms with E-state index in [-0.39, 0.29) is 36.9 Å². The Labute approximate surface area is 119 Å². The topological polar surface area (TPSA) is 69.6 Å². The lowest BCUT2D eigenvalue weighted by Crippen LogP contribution is -2.44. The molecule has 0 heterocycles. The highest BCUT2D eigenvalue weighted by Crippen LogP contribution is 2.04. The Kier molecular flexibility index (Phi) is 6.18. The Balaban J connectivity index is 2.52. The van der Waals surface area contributed by atoms with Crippen LogP contribution in [0, 0.1) is 5.92 Å². The minimum Gasteiger partial charge on any atom is -0.396 e. The predicted octanol–water partition coefficient (Wildman–Crippen LogP) is 0.892. The number of nitrogens with zero attached hydrogens (tertiary/aromatic N) is 1. The van der Waals surface area contributed by atoms with E-state index in [1.807, 2.05) is 19.9 Å². The van der Waals surface area contributed by atoms with Crippen LogP contribution in [-0.4, -0.2) is 48.1 Å². The van der Waals surface area contributed by atoms with Gasteiger partial charge in [-0.2, -0.15) is 0 Å². The molecule has 2 N–H and O–H groups in total. The first-order valence-electron chi connectivity index (χ1n) is 6.66. The van der Waals surface area contributed by atoms with Crippen LogP contribution in [0.4, 0.5) is 0 Å². The lowest BCUT2D eigenvalue weighted by Gasteiger charge is -2.22. The van der Waals surface area contributed by atoms with E-state index < -0.39 is 0 Å². The zero-order valence-corrected chi connectivity index (χ0v) is 12.2. The van der Waals surface area contributed by atoms with Gasteiger partial charge in [0.15, 0.2) is 0 Å². The molecule has 2 amide bonds. The fraction of sp³-hybridized carbons (Fsp3) is 0.467.